The smallest absolute Gasteiger partial charge is 0.275 e. The summed E-state index contributed by atoms with van der Waals surface area (Å²) < 4.78 is 8.67. The second kappa shape index (κ2) is 7.88. The monoisotopic (exact) mass is 392 g/mol. The third-order valence-electron chi connectivity index (χ3n) is 4.81. The molecule has 4 rings (SSSR count). The first-order chi connectivity index (χ1) is 14.1. The minimum absolute atomic E-state index is 0.0844. The predicted molar refractivity (Wildman–Crippen MR) is 107 cm³/mol. The zero-order chi connectivity index (χ0) is 20.4. The Balaban J connectivity index is 1.84. The van der Waals surface area contributed by atoms with E-state index in [2.05, 4.69) is 4.98 Å². The van der Waals surface area contributed by atoms with E-state index in [9.17, 15) is 15.2 Å². The number of ether oxygens (including phenoxy) is 1. The van der Waals surface area contributed by atoms with Crippen molar-refractivity contribution in [3.63, 3.8) is 0 Å². The van der Waals surface area contributed by atoms with Crippen LogP contribution in [0.5, 0.6) is 5.75 Å². The van der Waals surface area contributed by atoms with Crippen molar-refractivity contribution in [3.8, 4) is 5.75 Å². The van der Waals surface area contributed by atoms with Gasteiger partial charge in [-0.1, -0.05) is 18.2 Å². The molecule has 0 aliphatic heterocycles. The Bertz CT molecular complexity index is 1180. The normalized spacial score (nSPS) is 12.2. The number of hydrogen-bond acceptors (Lipinski definition) is 5. The molecule has 0 saturated heterocycles. The van der Waals surface area contributed by atoms with Crippen molar-refractivity contribution in [3.05, 3.63) is 93.7 Å². The van der Waals surface area contributed by atoms with Gasteiger partial charge in [0.15, 0.2) is 5.69 Å². The van der Waals surface area contributed by atoms with E-state index in [0.29, 0.717) is 17.4 Å². The maximum atomic E-state index is 13.1. The quantitative estimate of drug-likeness (QED) is 0.487. The highest BCUT2D eigenvalue weighted by Gasteiger charge is 2.16. The molecule has 0 amide bonds. The summed E-state index contributed by atoms with van der Waals surface area (Å²) in [7, 11) is 1.61. The number of fused-ring (bicyclic) bond motifs is 1. The average Bonchev–Trinajstić information content (AvgIpc) is 3.00. The van der Waals surface area contributed by atoms with Crippen LogP contribution in [0.2, 0.25) is 0 Å². The average molecular weight is 392 g/mol. The Labute approximate surface area is 166 Å². The summed E-state index contributed by atoms with van der Waals surface area (Å²) in [4.78, 5) is 17.4. The molecule has 0 spiro atoms. The van der Waals surface area contributed by atoms with Crippen LogP contribution in [0.3, 0.4) is 0 Å². The van der Waals surface area contributed by atoms with E-state index in [-0.39, 0.29) is 17.8 Å². The van der Waals surface area contributed by atoms with Gasteiger partial charge in [0.25, 0.3) is 5.56 Å². The fourth-order valence-corrected chi connectivity index (χ4v) is 3.32. The highest BCUT2D eigenvalue weighted by Crippen LogP contribution is 2.19. The van der Waals surface area contributed by atoms with E-state index in [1.54, 1.807) is 24.1 Å². The molecule has 0 fully saturated rings. The number of benzene rings is 2. The second-order valence-corrected chi connectivity index (χ2v) is 6.63. The van der Waals surface area contributed by atoms with Gasteiger partial charge in [-0.3, -0.25) is 14.5 Å². The van der Waals surface area contributed by atoms with Crippen LogP contribution in [-0.4, -0.2) is 26.7 Å². The Morgan fingerprint density at radius 2 is 1.86 bits per heavy atom. The SMILES string of the molecule is COc1ccc(Cn2c3ccc([NH+]([O-])O)cc3c(=O)n2Cc2ccccn2)cc1. The lowest BCUT2D eigenvalue weighted by Crippen LogP contribution is -2.99. The van der Waals surface area contributed by atoms with Gasteiger partial charge in [0.05, 0.1) is 36.8 Å². The Hall–Kier alpha value is -3.46. The van der Waals surface area contributed by atoms with E-state index < -0.39 is 5.23 Å². The summed E-state index contributed by atoms with van der Waals surface area (Å²) in [5.41, 5.74) is 2.24. The van der Waals surface area contributed by atoms with Gasteiger partial charge >= 0.3 is 0 Å². The number of methoxy groups -OCH3 is 1. The van der Waals surface area contributed by atoms with E-state index in [4.69, 9.17) is 4.74 Å². The van der Waals surface area contributed by atoms with Crippen molar-refractivity contribution < 1.29 is 15.2 Å². The molecule has 0 aliphatic rings. The van der Waals surface area contributed by atoms with Crippen molar-refractivity contribution >= 4 is 16.6 Å². The van der Waals surface area contributed by atoms with Crippen LogP contribution in [-0.2, 0) is 13.1 Å². The summed E-state index contributed by atoms with van der Waals surface area (Å²) in [5, 5.41) is 20.0. The van der Waals surface area contributed by atoms with Crippen LogP contribution >= 0.6 is 0 Å². The first-order valence-electron chi connectivity index (χ1n) is 9.06. The molecular weight excluding hydrogens is 372 g/mol. The van der Waals surface area contributed by atoms with E-state index in [1.807, 2.05) is 47.1 Å². The zero-order valence-corrected chi connectivity index (χ0v) is 15.8. The molecule has 4 aromatic rings. The number of quaternary nitrogens is 1. The standard InChI is InChI=1S/C21H20N4O4/c1-29-18-8-5-15(6-9-18)13-23-20-10-7-17(25(27)28)12-19(20)21(26)24(23)14-16-4-2-3-11-22-16/h2-12,25,27H,13-14H2,1H3. The fraction of sp³-hybridized carbons (Fsp3) is 0.143. The summed E-state index contributed by atoms with van der Waals surface area (Å²) in [5.74, 6) is 0.753. The molecule has 1 atom stereocenters. The molecule has 29 heavy (non-hydrogen) atoms. The number of pyridine rings is 1. The van der Waals surface area contributed by atoms with Crippen molar-refractivity contribution in [1.82, 2.24) is 14.3 Å². The topological polar surface area (TPSA) is 96.8 Å². The molecule has 0 aliphatic carbocycles. The lowest BCUT2D eigenvalue weighted by molar-refractivity contribution is -0.991. The number of hydrogen-bond donors (Lipinski definition) is 2. The minimum atomic E-state index is -1.06. The van der Waals surface area contributed by atoms with Crippen molar-refractivity contribution in [1.29, 1.82) is 0 Å². The first-order valence-corrected chi connectivity index (χ1v) is 9.06. The number of nitrogens with one attached hydrogen (secondary N) is 1. The van der Waals surface area contributed by atoms with Crippen LogP contribution in [0.15, 0.2) is 71.7 Å². The number of aromatic nitrogens is 3. The van der Waals surface area contributed by atoms with Gasteiger partial charge in [0.2, 0.25) is 0 Å². The third kappa shape index (κ3) is 3.77. The van der Waals surface area contributed by atoms with Crippen LogP contribution in [0.4, 0.5) is 5.69 Å². The zero-order valence-electron chi connectivity index (χ0n) is 15.8. The Kier molecular flexibility index (Phi) is 5.13. The summed E-state index contributed by atoms with van der Waals surface area (Å²) in [6.07, 6.45) is 1.68. The fourth-order valence-electron chi connectivity index (χ4n) is 3.32. The van der Waals surface area contributed by atoms with Gasteiger partial charge in [-0.25, -0.2) is 9.89 Å². The highest BCUT2D eigenvalue weighted by molar-refractivity contribution is 5.81. The van der Waals surface area contributed by atoms with Gasteiger partial charge in [-0.05, 0) is 35.9 Å². The highest BCUT2D eigenvalue weighted by atomic mass is 16.8. The van der Waals surface area contributed by atoms with E-state index in [1.165, 1.54) is 12.1 Å². The van der Waals surface area contributed by atoms with Crippen LogP contribution in [0, 0.1) is 5.21 Å². The van der Waals surface area contributed by atoms with Gasteiger partial charge < -0.3 is 9.94 Å². The molecule has 2 aromatic carbocycles. The van der Waals surface area contributed by atoms with Crippen molar-refractivity contribution in [2.24, 2.45) is 0 Å². The van der Waals surface area contributed by atoms with Crippen molar-refractivity contribution in [2.45, 2.75) is 13.1 Å². The van der Waals surface area contributed by atoms with E-state index >= 15 is 0 Å². The molecule has 0 radical (unpaired) electrons. The summed E-state index contributed by atoms with van der Waals surface area (Å²) in [6, 6.07) is 17.8. The predicted octanol–water partition coefficient (Wildman–Crippen LogP) is 1.71. The lowest BCUT2D eigenvalue weighted by atomic mass is 10.2. The van der Waals surface area contributed by atoms with Crippen molar-refractivity contribution in [2.75, 3.05) is 7.11 Å². The number of nitrogens with zero attached hydrogens (tertiary/aromatic N) is 3. The lowest BCUT2D eigenvalue weighted by Gasteiger charge is -2.14. The van der Waals surface area contributed by atoms with Crippen LogP contribution in [0.25, 0.3) is 10.9 Å². The third-order valence-corrected chi connectivity index (χ3v) is 4.81. The molecule has 2 heterocycles. The molecule has 8 heteroatoms. The van der Waals surface area contributed by atoms with Gasteiger partial charge in [0, 0.05) is 18.3 Å². The first kappa shape index (κ1) is 18.9. The molecule has 0 saturated carbocycles. The Morgan fingerprint density at radius 1 is 1.07 bits per heavy atom. The molecule has 2 N–H and O–H groups in total. The Morgan fingerprint density at radius 3 is 2.52 bits per heavy atom. The molecule has 8 nitrogen and oxygen atoms in total. The molecular formula is C21H20N4O4. The molecule has 148 valence electrons. The van der Waals surface area contributed by atoms with Gasteiger partial charge in [-0.2, -0.15) is 5.23 Å². The molecule has 1 unspecified atom stereocenters. The summed E-state index contributed by atoms with van der Waals surface area (Å²) in [6.45, 7) is 0.731. The second-order valence-electron chi connectivity index (χ2n) is 6.63. The summed E-state index contributed by atoms with van der Waals surface area (Å²) >= 11 is 0. The van der Waals surface area contributed by atoms with Gasteiger partial charge in [0.1, 0.15) is 5.75 Å². The largest absolute Gasteiger partial charge is 0.595 e. The minimum Gasteiger partial charge on any atom is -0.595 e. The van der Waals surface area contributed by atoms with E-state index in [0.717, 1.165) is 17.0 Å². The molecule has 2 aromatic heterocycles. The van der Waals surface area contributed by atoms with Crippen LogP contribution in [0.1, 0.15) is 11.3 Å². The maximum Gasteiger partial charge on any atom is 0.275 e. The van der Waals surface area contributed by atoms with Crippen LogP contribution < -0.4 is 15.5 Å². The molecule has 0 bridgehead atoms. The van der Waals surface area contributed by atoms with Gasteiger partial charge in [-0.15, -0.1) is 0 Å². The maximum absolute atomic E-state index is 13.1. The number of rotatable bonds is 6.